The summed E-state index contributed by atoms with van der Waals surface area (Å²) < 4.78 is 1.18. The zero-order valence-corrected chi connectivity index (χ0v) is 16.3. The van der Waals surface area contributed by atoms with Crippen LogP contribution in [0.1, 0.15) is 20.7 Å². The molecule has 2 aromatic carbocycles. The Hall–Kier alpha value is -4.27. The lowest BCUT2D eigenvalue weighted by Crippen LogP contribution is -2.23. The van der Waals surface area contributed by atoms with E-state index in [0.29, 0.717) is 17.1 Å². The average Bonchev–Trinajstić information content (AvgIpc) is 3.01. The molecule has 1 aliphatic heterocycles. The molecule has 0 saturated heterocycles. The minimum absolute atomic E-state index is 0.00420. The zero-order valence-electron chi connectivity index (χ0n) is 16.3. The summed E-state index contributed by atoms with van der Waals surface area (Å²) in [5.74, 6) is -1.33. The van der Waals surface area contributed by atoms with Gasteiger partial charge in [-0.2, -0.15) is 10.2 Å². The van der Waals surface area contributed by atoms with Crippen molar-refractivity contribution in [3.05, 3.63) is 76.1 Å². The largest absolute Gasteiger partial charge is 0.384 e. The van der Waals surface area contributed by atoms with Crippen molar-refractivity contribution in [1.82, 2.24) is 9.88 Å². The number of nitrogens with zero attached hydrogens (tertiary/aromatic N) is 4. The molecule has 0 bridgehead atoms. The Bertz CT molecular complexity index is 1240. The van der Waals surface area contributed by atoms with Gasteiger partial charge in [0.1, 0.15) is 5.82 Å². The highest BCUT2D eigenvalue weighted by Gasteiger charge is 2.31. The van der Waals surface area contributed by atoms with E-state index in [9.17, 15) is 14.4 Å². The molecule has 4 rings (SSSR count). The second-order valence-corrected chi connectivity index (χ2v) is 6.90. The minimum Gasteiger partial charge on any atom is -0.384 e. The van der Waals surface area contributed by atoms with E-state index in [1.165, 1.54) is 4.57 Å². The Kier molecular flexibility index (Phi) is 4.63. The van der Waals surface area contributed by atoms with Gasteiger partial charge in [0.2, 0.25) is 0 Å². The quantitative estimate of drug-likeness (QED) is 0.513. The number of rotatable bonds is 4. The van der Waals surface area contributed by atoms with Crippen molar-refractivity contribution in [2.45, 2.75) is 0 Å². The number of nitrogens with one attached hydrogen (secondary N) is 1. The van der Waals surface area contributed by atoms with Crippen molar-refractivity contribution >= 4 is 34.7 Å². The van der Waals surface area contributed by atoms with Crippen LogP contribution in [0.2, 0.25) is 0 Å². The molecule has 3 N–H and O–H groups in total. The smallest absolute Gasteiger partial charge is 0.262 e. The van der Waals surface area contributed by atoms with Crippen LogP contribution in [0, 0.1) is 0 Å². The summed E-state index contributed by atoms with van der Waals surface area (Å²) in [6.07, 6.45) is 0. The topological polar surface area (TPSA) is 122 Å². The van der Waals surface area contributed by atoms with Crippen LogP contribution >= 0.6 is 0 Å². The molecule has 1 aliphatic rings. The van der Waals surface area contributed by atoms with E-state index in [-0.39, 0.29) is 16.9 Å². The van der Waals surface area contributed by atoms with Crippen LogP contribution in [0.25, 0.3) is 5.69 Å². The number of carbonyl (C=O) groups excluding carboxylic acids is 2. The minimum atomic E-state index is -0.625. The monoisotopic (exact) mass is 402 g/mol. The number of imide groups is 1. The fraction of sp³-hybridized carbons (Fsp3) is 0.0952. The van der Waals surface area contributed by atoms with Gasteiger partial charge < -0.3 is 10.6 Å². The molecule has 9 nitrogen and oxygen atoms in total. The van der Waals surface area contributed by atoms with E-state index in [2.05, 4.69) is 15.5 Å². The number of aromatic nitrogens is 1. The summed E-state index contributed by atoms with van der Waals surface area (Å²) in [6.45, 7) is 0. The number of amides is 2. The van der Waals surface area contributed by atoms with Crippen LogP contribution in [0.5, 0.6) is 0 Å². The number of azo groups is 1. The maximum absolute atomic E-state index is 12.5. The molecule has 0 unspecified atom stereocenters. The van der Waals surface area contributed by atoms with Gasteiger partial charge in [-0.05, 0) is 48.5 Å². The van der Waals surface area contributed by atoms with E-state index in [1.807, 2.05) is 43.3 Å². The normalized spacial score (nSPS) is 12.9. The highest BCUT2D eigenvalue weighted by atomic mass is 16.2. The summed E-state index contributed by atoms with van der Waals surface area (Å²) in [5, 5.41) is 10.5. The zero-order chi connectivity index (χ0) is 21.4. The summed E-state index contributed by atoms with van der Waals surface area (Å²) in [5.41, 5.74) is 8.31. The van der Waals surface area contributed by atoms with Crippen LogP contribution in [0.15, 0.2) is 69.6 Å². The van der Waals surface area contributed by atoms with Gasteiger partial charge in [-0.3, -0.25) is 24.3 Å². The van der Waals surface area contributed by atoms with Crippen LogP contribution in [-0.4, -0.2) is 30.5 Å². The number of benzene rings is 2. The SMILES string of the molecule is CN(C)c1ccc(N=Nc2ccc(-n3c(N)c4c(cc3=O)C(=O)NC4=O)cc2)cc1. The summed E-state index contributed by atoms with van der Waals surface area (Å²) in [7, 11) is 3.92. The predicted molar refractivity (Wildman–Crippen MR) is 113 cm³/mol. The van der Waals surface area contributed by atoms with Crippen LogP contribution in [0.4, 0.5) is 22.9 Å². The van der Waals surface area contributed by atoms with Crippen LogP contribution < -0.4 is 21.5 Å². The first-order valence-electron chi connectivity index (χ1n) is 9.06. The van der Waals surface area contributed by atoms with Gasteiger partial charge in [0.25, 0.3) is 17.4 Å². The van der Waals surface area contributed by atoms with E-state index in [4.69, 9.17) is 5.73 Å². The number of hydrogen-bond acceptors (Lipinski definition) is 7. The molecule has 2 heterocycles. The number of nitrogen functional groups attached to an aromatic ring is 1. The molecule has 9 heteroatoms. The Morgan fingerprint density at radius 2 is 1.43 bits per heavy atom. The molecular weight excluding hydrogens is 384 g/mol. The van der Waals surface area contributed by atoms with E-state index >= 15 is 0 Å². The van der Waals surface area contributed by atoms with Gasteiger partial charge in [-0.1, -0.05) is 0 Å². The molecule has 3 aromatic rings. The van der Waals surface area contributed by atoms with E-state index in [1.54, 1.807) is 24.3 Å². The fourth-order valence-electron chi connectivity index (χ4n) is 3.15. The molecule has 1 aromatic heterocycles. The predicted octanol–water partition coefficient (Wildman–Crippen LogP) is 2.78. The molecular formula is C21H18N6O3. The second-order valence-electron chi connectivity index (χ2n) is 6.90. The van der Waals surface area contributed by atoms with Crippen LogP contribution in [0.3, 0.4) is 0 Å². The molecule has 30 heavy (non-hydrogen) atoms. The number of hydrogen-bond donors (Lipinski definition) is 2. The number of pyridine rings is 1. The highest BCUT2D eigenvalue weighted by molar-refractivity contribution is 6.23. The van der Waals surface area contributed by atoms with Gasteiger partial charge >= 0.3 is 0 Å². The fourth-order valence-corrected chi connectivity index (χ4v) is 3.15. The summed E-state index contributed by atoms with van der Waals surface area (Å²) in [6, 6.07) is 15.4. The lowest BCUT2D eigenvalue weighted by molar-refractivity contribution is 0.0880. The molecule has 2 amide bonds. The Labute approximate surface area is 171 Å². The Morgan fingerprint density at radius 1 is 0.867 bits per heavy atom. The standard InChI is InChI=1S/C21H18N6O3/c1-26(2)14-7-3-12(4-8-14)24-25-13-5-9-15(10-6-13)27-17(28)11-16-18(19(27)22)21(30)23-20(16)29/h3-11H,22H2,1-2H3,(H,23,29,30). The summed E-state index contributed by atoms with van der Waals surface area (Å²) in [4.78, 5) is 38.2. The van der Waals surface area contributed by atoms with Crippen molar-refractivity contribution in [1.29, 1.82) is 0 Å². The van der Waals surface area contributed by atoms with Crippen molar-refractivity contribution in [3.63, 3.8) is 0 Å². The number of fused-ring (bicyclic) bond motifs is 1. The number of anilines is 2. The first-order valence-corrected chi connectivity index (χ1v) is 9.06. The van der Waals surface area contributed by atoms with Crippen molar-refractivity contribution in [2.75, 3.05) is 24.7 Å². The van der Waals surface area contributed by atoms with Gasteiger partial charge in [0, 0.05) is 25.8 Å². The molecule has 0 saturated carbocycles. The Morgan fingerprint density at radius 3 is 2.00 bits per heavy atom. The maximum Gasteiger partial charge on any atom is 0.262 e. The number of nitrogens with two attached hydrogens (primary N) is 1. The van der Waals surface area contributed by atoms with Gasteiger partial charge in [0.05, 0.1) is 28.2 Å². The third kappa shape index (κ3) is 3.32. The lowest BCUT2D eigenvalue weighted by atomic mass is 10.1. The molecule has 0 aliphatic carbocycles. The summed E-state index contributed by atoms with van der Waals surface area (Å²) >= 11 is 0. The second kappa shape index (κ2) is 7.28. The van der Waals surface area contributed by atoms with Crippen molar-refractivity contribution < 1.29 is 9.59 Å². The van der Waals surface area contributed by atoms with Gasteiger partial charge in [-0.15, -0.1) is 0 Å². The number of carbonyl (C=O) groups is 2. The first kappa shape index (κ1) is 19.1. The lowest BCUT2D eigenvalue weighted by Gasteiger charge is -2.12. The molecule has 0 radical (unpaired) electrons. The van der Waals surface area contributed by atoms with E-state index in [0.717, 1.165) is 11.8 Å². The average molecular weight is 402 g/mol. The highest BCUT2D eigenvalue weighted by Crippen LogP contribution is 2.25. The Balaban J connectivity index is 1.62. The molecule has 0 fully saturated rings. The maximum atomic E-state index is 12.5. The van der Waals surface area contributed by atoms with Crippen LogP contribution in [-0.2, 0) is 0 Å². The first-order chi connectivity index (χ1) is 14.3. The van der Waals surface area contributed by atoms with Crippen molar-refractivity contribution in [2.24, 2.45) is 10.2 Å². The van der Waals surface area contributed by atoms with Crippen molar-refractivity contribution in [3.8, 4) is 5.69 Å². The van der Waals surface area contributed by atoms with Gasteiger partial charge in [0.15, 0.2) is 0 Å². The molecule has 0 atom stereocenters. The third-order valence-corrected chi connectivity index (χ3v) is 4.71. The molecule has 150 valence electrons. The van der Waals surface area contributed by atoms with E-state index < -0.39 is 17.4 Å². The van der Waals surface area contributed by atoms with Gasteiger partial charge in [-0.25, -0.2) is 0 Å². The molecule has 0 spiro atoms. The third-order valence-electron chi connectivity index (χ3n) is 4.71.